The molecule has 1 radical (unpaired) electrons. The van der Waals surface area contributed by atoms with Gasteiger partial charge in [0.15, 0.2) is 0 Å². The summed E-state index contributed by atoms with van der Waals surface area (Å²) in [6.07, 6.45) is 12.6. The van der Waals surface area contributed by atoms with Crippen LogP contribution in [0.1, 0.15) is 77.0 Å². The second-order valence-electron chi connectivity index (χ2n) is 4.92. The third-order valence-corrected chi connectivity index (χ3v) is 3.21. The van der Waals surface area contributed by atoms with Crippen LogP contribution >= 0.6 is 0 Å². The molecular formula is C14H27O5. The molecule has 0 spiro atoms. The number of carbonyl (C=O) groups is 1. The number of hydrogen-bond donors (Lipinski definition) is 1. The van der Waals surface area contributed by atoms with E-state index in [2.05, 4.69) is 9.78 Å². The summed E-state index contributed by atoms with van der Waals surface area (Å²) < 4.78 is 0. The van der Waals surface area contributed by atoms with Gasteiger partial charge in [-0.25, -0.2) is 9.68 Å². The number of rotatable bonds is 14. The summed E-state index contributed by atoms with van der Waals surface area (Å²) >= 11 is 0. The molecule has 0 atom stereocenters. The molecule has 5 nitrogen and oxygen atoms in total. The maximum absolute atomic E-state index is 10.6. The standard InChI is InChI=1S/C14H27O5/c15-14(19-17)12-10-8-6-4-2-1-3-5-7-9-11-13-18-16/h17H,1-13H2. The third-order valence-electron chi connectivity index (χ3n) is 3.21. The predicted octanol–water partition coefficient (Wildman–Crippen LogP) is 4.05. The van der Waals surface area contributed by atoms with Gasteiger partial charge in [-0.2, -0.15) is 5.26 Å². The molecule has 5 heteroatoms. The monoisotopic (exact) mass is 275 g/mol. The molecule has 0 fully saturated rings. The van der Waals surface area contributed by atoms with Crippen molar-refractivity contribution in [1.29, 1.82) is 0 Å². The van der Waals surface area contributed by atoms with E-state index in [0.717, 1.165) is 32.1 Å². The first kappa shape index (κ1) is 18.4. The molecule has 0 aliphatic heterocycles. The van der Waals surface area contributed by atoms with Crippen LogP contribution in [-0.4, -0.2) is 17.8 Å². The highest BCUT2D eigenvalue weighted by molar-refractivity contribution is 5.68. The molecule has 19 heavy (non-hydrogen) atoms. The van der Waals surface area contributed by atoms with Crippen LogP contribution in [0.3, 0.4) is 0 Å². The highest BCUT2D eigenvalue weighted by atomic mass is 17.1. The Labute approximate surface area is 115 Å². The van der Waals surface area contributed by atoms with Gasteiger partial charge in [-0.15, -0.1) is 0 Å². The fourth-order valence-corrected chi connectivity index (χ4v) is 2.07. The Morgan fingerprint density at radius 3 is 1.58 bits per heavy atom. The van der Waals surface area contributed by atoms with Gasteiger partial charge in [-0.1, -0.05) is 57.8 Å². The molecule has 0 bridgehead atoms. The number of carbonyl (C=O) groups excluding carboxylic acids is 1. The molecule has 0 amide bonds. The minimum atomic E-state index is -0.539. The molecule has 0 aliphatic rings. The molecule has 0 aromatic rings. The van der Waals surface area contributed by atoms with Crippen molar-refractivity contribution in [2.45, 2.75) is 77.0 Å². The first-order valence-electron chi connectivity index (χ1n) is 7.40. The summed E-state index contributed by atoms with van der Waals surface area (Å²) in [7, 11) is 0. The van der Waals surface area contributed by atoms with Gasteiger partial charge >= 0.3 is 5.97 Å². The lowest BCUT2D eigenvalue weighted by Crippen LogP contribution is -1.99. The smallest absolute Gasteiger partial charge is 0.301 e. The van der Waals surface area contributed by atoms with Gasteiger partial charge in [0.2, 0.25) is 0 Å². The number of unbranched alkanes of at least 4 members (excludes halogenated alkanes) is 10. The molecular weight excluding hydrogens is 248 g/mol. The maximum Gasteiger partial charge on any atom is 0.342 e. The van der Waals surface area contributed by atoms with Crippen LogP contribution in [0, 0.1) is 0 Å². The molecule has 0 heterocycles. The SMILES string of the molecule is [O]OCCCCCCCCCCCCCC(=O)OO. The summed E-state index contributed by atoms with van der Waals surface area (Å²) in [5, 5.41) is 17.8. The molecule has 113 valence electrons. The zero-order valence-corrected chi connectivity index (χ0v) is 11.8. The summed E-state index contributed by atoms with van der Waals surface area (Å²) in [4.78, 5) is 18.0. The van der Waals surface area contributed by atoms with Gasteiger partial charge in [0.05, 0.1) is 6.61 Å². The van der Waals surface area contributed by atoms with E-state index in [4.69, 9.17) is 5.26 Å². The van der Waals surface area contributed by atoms with Crippen molar-refractivity contribution < 1.29 is 25.1 Å². The summed E-state index contributed by atoms with van der Waals surface area (Å²) in [6, 6.07) is 0. The second-order valence-corrected chi connectivity index (χ2v) is 4.92. The Bertz CT molecular complexity index is 196. The Kier molecular flexibility index (Phi) is 14.9. The van der Waals surface area contributed by atoms with Gasteiger partial charge in [-0.3, -0.25) is 0 Å². The average molecular weight is 275 g/mol. The van der Waals surface area contributed by atoms with Crippen molar-refractivity contribution in [3.05, 3.63) is 0 Å². The molecule has 0 saturated carbocycles. The zero-order chi connectivity index (χ0) is 14.2. The summed E-state index contributed by atoms with van der Waals surface area (Å²) in [5.74, 6) is -0.539. The van der Waals surface area contributed by atoms with E-state index in [1.165, 1.54) is 38.5 Å². The number of hydrogen-bond acceptors (Lipinski definition) is 4. The van der Waals surface area contributed by atoms with Crippen LogP contribution < -0.4 is 0 Å². The van der Waals surface area contributed by atoms with Crippen LogP contribution in [0.15, 0.2) is 0 Å². The largest absolute Gasteiger partial charge is 0.342 e. The van der Waals surface area contributed by atoms with E-state index >= 15 is 0 Å². The second kappa shape index (κ2) is 15.4. The normalized spacial score (nSPS) is 10.6. The maximum atomic E-state index is 10.6. The molecule has 0 aromatic heterocycles. The minimum Gasteiger partial charge on any atom is -0.301 e. The molecule has 0 saturated heterocycles. The van der Waals surface area contributed by atoms with Crippen LogP contribution in [0.2, 0.25) is 0 Å². The molecule has 0 aromatic carbocycles. The van der Waals surface area contributed by atoms with Gasteiger partial charge in [-0.05, 0) is 18.1 Å². The van der Waals surface area contributed by atoms with Gasteiger partial charge in [0.1, 0.15) is 0 Å². The summed E-state index contributed by atoms with van der Waals surface area (Å²) in [5.41, 5.74) is 0. The predicted molar refractivity (Wildman–Crippen MR) is 70.8 cm³/mol. The molecule has 0 aliphatic carbocycles. The van der Waals surface area contributed by atoms with Gasteiger partial charge < -0.3 is 4.89 Å². The first-order chi connectivity index (χ1) is 9.31. The van der Waals surface area contributed by atoms with E-state index in [0.29, 0.717) is 13.0 Å². The van der Waals surface area contributed by atoms with E-state index in [-0.39, 0.29) is 0 Å². The van der Waals surface area contributed by atoms with Crippen LogP contribution in [0.5, 0.6) is 0 Å². The Morgan fingerprint density at radius 2 is 1.16 bits per heavy atom. The fourth-order valence-electron chi connectivity index (χ4n) is 2.07. The lowest BCUT2D eigenvalue weighted by atomic mass is 10.1. The van der Waals surface area contributed by atoms with Crippen LogP contribution in [-0.2, 0) is 19.8 Å². The highest BCUT2D eigenvalue weighted by Crippen LogP contribution is 2.12. The highest BCUT2D eigenvalue weighted by Gasteiger charge is 2.00. The van der Waals surface area contributed by atoms with E-state index in [9.17, 15) is 10.1 Å². The van der Waals surface area contributed by atoms with Crippen molar-refractivity contribution in [2.75, 3.05) is 6.61 Å². The van der Waals surface area contributed by atoms with E-state index in [1.54, 1.807) is 0 Å². The lowest BCUT2D eigenvalue weighted by molar-refractivity contribution is -0.303. The van der Waals surface area contributed by atoms with E-state index in [1.807, 2.05) is 0 Å². The topological polar surface area (TPSA) is 75.7 Å². The average Bonchev–Trinajstić information content (AvgIpc) is 2.43. The lowest BCUT2D eigenvalue weighted by Gasteiger charge is -2.02. The zero-order valence-electron chi connectivity index (χ0n) is 11.8. The van der Waals surface area contributed by atoms with Gasteiger partial charge in [0, 0.05) is 6.42 Å². The van der Waals surface area contributed by atoms with Crippen LogP contribution in [0.25, 0.3) is 0 Å². The van der Waals surface area contributed by atoms with Crippen molar-refractivity contribution in [3.63, 3.8) is 0 Å². The molecule has 0 rings (SSSR count). The van der Waals surface area contributed by atoms with Crippen molar-refractivity contribution in [1.82, 2.24) is 0 Å². The van der Waals surface area contributed by atoms with Crippen molar-refractivity contribution in [2.24, 2.45) is 0 Å². The Morgan fingerprint density at radius 1 is 0.737 bits per heavy atom. The quantitative estimate of drug-likeness (QED) is 0.295. The van der Waals surface area contributed by atoms with Crippen molar-refractivity contribution in [3.8, 4) is 0 Å². The summed E-state index contributed by atoms with van der Waals surface area (Å²) in [6.45, 7) is 0.337. The Balaban J connectivity index is 2.97. The van der Waals surface area contributed by atoms with Crippen LogP contribution in [0.4, 0.5) is 0 Å². The minimum absolute atomic E-state index is 0.309. The molecule has 0 unspecified atom stereocenters. The fraction of sp³-hybridized carbons (Fsp3) is 0.929. The van der Waals surface area contributed by atoms with Gasteiger partial charge in [0.25, 0.3) is 0 Å². The first-order valence-corrected chi connectivity index (χ1v) is 7.40. The molecule has 1 N–H and O–H groups in total. The Hall–Kier alpha value is -0.650. The van der Waals surface area contributed by atoms with E-state index < -0.39 is 5.97 Å². The van der Waals surface area contributed by atoms with Crippen molar-refractivity contribution >= 4 is 5.97 Å². The third kappa shape index (κ3) is 15.3.